The lowest BCUT2D eigenvalue weighted by atomic mass is 10.2. The average molecular weight is 331 g/mol. The Bertz CT molecular complexity index is 757. The van der Waals surface area contributed by atoms with E-state index in [2.05, 4.69) is 5.32 Å². The minimum absolute atomic E-state index is 0.0410. The van der Waals surface area contributed by atoms with E-state index in [1.165, 1.54) is 35.2 Å². The number of carbonyl (C=O) groups is 1. The van der Waals surface area contributed by atoms with Crippen molar-refractivity contribution in [3.63, 3.8) is 0 Å². The van der Waals surface area contributed by atoms with E-state index in [0.717, 1.165) is 12.1 Å². The predicted molar refractivity (Wildman–Crippen MR) is 84.7 cm³/mol. The van der Waals surface area contributed by atoms with Gasteiger partial charge >= 0.3 is 6.03 Å². The fourth-order valence-corrected chi connectivity index (χ4v) is 1.86. The third-order valence-corrected chi connectivity index (χ3v) is 3.20. The number of hydrogen-bond donors (Lipinski definition) is 1. The SMILES string of the molecule is CN(CCOc1ccc(F)cc1)C(=O)Nc1ccc(F)cc1C#N. The van der Waals surface area contributed by atoms with Gasteiger partial charge in [0.1, 0.15) is 30.1 Å². The summed E-state index contributed by atoms with van der Waals surface area (Å²) in [5, 5.41) is 11.5. The van der Waals surface area contributed by atoms with Crippen molar-refractivity contribution in [3.8, 4) is 11.8 Å². The lowest BCUT2D eigenvalue weighted by Crippen LogP contribution is -2.34. The zero-order chi connectivity index (χ0) is 17.5. The maximum Gasteiger partial charge on any atom is 0.321 e. The summed E-state index contributed by atoms with van der Waals surface area (Å²) in [6.07, 6.45) is 0. The lowest BCUT2D eigenvalue weighted by molar-refractivity contribution is 0.207. The molecule has 2 aromatic carbocycles. The molecule has 0 bridgehead atoms. The van der Waals surface area contributed by atoms with Crippen LogP contribution in [0.2, 0.25) is 0 Å². The molecule has 0 saturated heterocycles. The average Bonchev–Trinajstić information content (AvgIpc) is 2.58. The molecule has 2 rings (SSSR count). The molecule has 7 heteroatoms. The van der Waals surface area contributed by atoms with E-state index in [1.54, 1.807) is 7.05 Å². The van der Waals surface area contributed by atoms with Crippen molar-refractivity contribution in [2.24, 2.45) is 0 Å². The van der Waals surface area contributed by atoms with Crippen LogP contribution < -0.4 is 10.1 Å². The lowest BCUT2D eigenvalue weighted by Gasteiger charge is -2.18. The fourth-order valence-electron chi connectivity index (χ4n) is 1.86. The summed E-state index contributed by atoms with van der Waals surface area (Å²) < 4.78 is 31.2. The van der Waals surface area contributed by atoms with Gasteiger partial charge in [0, 0.05) is 7.05 Å². The molecule has 124 valence electrons. The van der Waals surface area contributed by atoms with Gasteiger partial charge < -0.3 is 15.0 Å². The molecule has 2 amide bonds. The van der Waals surface area contributed by atoms with Crippen LogP contribution in [0, 0.1) is 23.0 Å². The molecule has 0 unspecified atom stereocenters. The Morgan fingerprint density at radius 2 is 1.88 bits per heavy atom. The van der Waals surface area contributed by atoms with E-state index in [9.17, 15) is 13.6 Å². The van der Waals surface area contributed by atoms with Crippen LogP contribution in [0.5, 0.6) is 5.75 Å². The van der Waals surface area contributed by atoms with Crippen LogP contribution in [-0.2, 0) is 0 Å². The molecule has 1 N–H and O–H groups in total. The summed E-state index contributed by atoms with van der Waals surface area (Å²) in [4.78, 5) is 13.4. The summed E-state index contributed by atoms with van der Waals surface area (Å²) in [7, 11) is 1.55. The maximum atomic E-state index is 13.1. The van der Waals surface area contributed by atoms with E-state index >= 15 is 0 Å². The van der Waals surface area contributed by atoms with Crippen LogP contribution in [0.1, 0.15) is 5.56 Å². The van der Waals surface area contributed by atoms with Gasteiger partial charge in [-0.2, -0.15) is 5.26 Å². The normalized spacial score (nSPS) is 9.92. The zero-order valence-electron chi connectivity index (χ0n) is 12.9. The molecule has 5 nitrogen and oxygen atoms in total. The first-order valence-corrected chi connectivity index (χ1v) is 7.09. The number of rotatable bonds is 5. The number of halogens is 2. The first-order chi connectivity index (χ1) is 11.5. The molecular weight excluding hydrogens is 316 g/mol. The van der Waals surface area contributed by atoms with Gasteiger partial charge in [0.25, 0.3) is 0 Å². The van der Waals surface area contributed by atoms with Crippen molar-refractivity contribution in [3.05, 3.63) is 59.7 Å². The molecular formula is C17H15F2N3O2. The Labute approximate surface area is 138 Å². The molecule has 0 aliphatic rings. The summed E-state index contributed by atoms with van der Waals surface area (Å²) in [6.45, 7) is 0.483. The maximum absolute atomic E-state index is 13.1. The Balaban J connectivity index is 1.86. The first-order valence-electron chi connectivity index (χ1n) is 7.09. The molecule has 0 spiro atoms. The van der Waals surface area contributed by atoms with E-state index in [0.29, 0.717) is 5.75 Å². The Hall–Kier alpha value is -3.14. The number of anilines is 1. The number of carbonyl (C=O) groups excluding carboxylic acids is 1. The number of nitrogens with zero attached hydrogens (tertiary/aromatic N) is 2. The fraction of sp³-hybridized carbons (Fsp3) is 0.176. The topological polar surface area (TPSA) is 65.4 Å². The summed E-state index contributed by atoms with van der Waals surface area (Å²) in [5.74, 6) is -0.410. The highest BCUT2D eigenvalue weighted by Gasteiger charge is 2.12. The summed E-state index contributed by atoms with van der Waals surface area (Å²) in [5.41, 5.74) is 0.273. The standard InChI is InChI=1S/C17H15F2N3O2/c1-22(8-9-24-15-5-2-13(18)3-6-15)17(23)21-16-7-4-14(19)10-12(16)11-20/h2-7,10H,8-9H2,1H3,(H,21,23). The van der Waals surface area contributed by atoms with Gasteiger partial charge in [0.2, 0.25) is 0 Å². The highest BCUT2D eigenvalue weighted by molar-refractivity contribution is 5.90. The van der Waals surface area contributed by atoms with Crippen LogP contribution in [0.15, 0.2) is 42.5 Å². The van der Waals surface area contributed by atoms with Gasteiger partial charge in [-0.25, -0.2) is 13.6 Å². The second-order valence-corrected chi connectivity index (χ2v) is 4.96. The van der Waals surface area contributed by atoms with Gasteiger partial charge in [0.15, 0.2) is 0 Å². The summed E-state index contributed by atoms with van der Waals surface area (Å²) >= 11 is 0. The number of urea groups is 1. The zero-order valence-corrected chi connectivity index (χ0v) is 12.9. The van der Waals surface area contributed by atoms with Crippen molar-refractivity contribution in [1.29, 1.82) is 5.26 Å². The molecule has 0 atom stereocenters. The highest BCUT2D eigenvalue weighted by Crippen LogP contribution is 2.16. The monoisotopic (exact) mass is 331 g/mol. The van der Waals surface area contributed by atoms with Crippen LogP contribution in [0.25, 0.3) is 0 Å². The van der Waals surface area contributed by atoms with Gasteiger partial charge in [0.05, 0.1) is 17.8 Å². The molecule has 2 aromatic rings. The van der Waals surface area contributed by atoms with E-state index in [-0.39, 0.29) is 30.2 Å². The Kier molecular flexibility index (Phi) is 5.68. The van der Waals surface area contributed by atoms with Crippen molar-refractivity contribution >= 4 is 11.7 Å². The molecule has 0 aliphatic heterocycles. The number of amides is 2. The number of nitrogens with one attached hydrogen (secondary N) is 1. The third-order valence-electron chi connectivity index (χ3n) is 3.20. The van der Waals surface area contributed by atoms with Crippen molar-refractivity contribution in [1.82, 2.24) is 4.90 Å². The molecule has 0 fully saturated rings. The Morgan fingerprint density at radius 1 is 1.21 bits per heavy atom. The first kappa shape index (κ1) is 17.2. The molecule has 0 aromatic heterocycles. The molecule has 24 heavy (non-hydrogen) atoms. The number of benzene rings is 2. The number of hydrogen-bond acceptors (Lipinski definition) is 3. The van der Waals surface area contributed by atoms with Crippen LogP contribution in [0.3, 0.4) is 0 Å². The quantitative estimate of drug-likeness (QED) is 0.913. The van der Waals surface area contributed by atoms with E-state index < -0.39 is 11.8 Å². The van der Waals surface area contributed by atoms with Crippen LogP contribution in [0.4, 0.5) is 19.3 Å². The smallest absolute Gasteiger partial charge is 0.321 e. The minimum atomic E-state index is -0.550. The number of likely N-dealkylation sites (N-methyl/N-ethyl adjacent to an activating group) is 1. The van der Waals surface area contributed by atoms with Gasteiger partial charge in [-0.15, -0.1) is 0 Å². The largest absolute Gasteiger partial charge is 0.492 e. The Morgan fingerprint density at radius 3 is 2.54 bits per heavy atom. The van der Waals surface area contributed by atoms with Crippen LogP contribution >= 0.6 is 0 Å². The van der Waals surface area contributed by atoms with E-state index in [1.807, 2.05) is 6.07 Å². The van der Waals surface area contributed by atoms with Gasteiger partial charge in [-0.05, 0) is 42.5 Å². The van der Waals surface area contributed by atoms with Crippen LogP contribution in [-0.4, -0.2) is 31.1 Å². The molecule has 0 aliphatic carbocycles. The van der Waals surface area contributed by atoms with E-state index in [4.69, 9.17) is 10.00 Å². The second-order valence-electron chi connectivity index (χ2n) is 4.96. The van der Waals surface area contributed by atoms with Crippen molar-refractivity contribution in [2.45, 2.75) is 0 Å². The second kappa shape index (κ2) is 7.92. The third kappa shape index (κ3) is 4.68. The van der Waals surface area contributed by atoms with Gasteiger partial charge in [-0.1, -0.05) is 0 Å². The predicted octanol–water partition coefficient (Wildman–Crippen LogP) is 3.38. The molecule has 0 saturated carbocycles. The van der Waals surface area contributed by atoms with Crippen molar-refractivity contribution in [2.75, 3.05) is 25.5 Å². The summed E-state index contributed by atoms with van der Waals surface area (Å²) in [6, 6.07) is 10.5. The highest BCUT2D eigenvalue weighted by atomic mass is 19.1. The van der Waals surface area contributed by atoms with Crippen molar-refractivity contribution < 1.29 is 18.3 Å². The molecule has 0 heterocycles. The molecule has 0 radical (unpaired) electrons. The van der Waals surface area contributed by atoms with Gasteiger partial charge in [-0.3, -0.25) is 0 Å². The number of nitriles is 1. The number of ether oxygens (including phenoxy) is 1. The minimum Gasteiger partial charge on any atom is -0.492 e.